The Balaban J connectivity index is 1.46. The van der Waals surface area contributed by atoms with Crippen LogP contribution in [-0.2, 0) is 14.3 Å². The Kier molecular flexibility index (Phi) is 5.66. The Labute approximate surface area is 180 Å². The van der Waals surface area contributed by atoms with Gasteiger partial charge in [0.2, 0.25) is 5.91 Å². The average molecular weight is 479 g/mol. The second-order valence-corrected chi connectivity index (χ2v) is 9.32. The van der Waals surface area contributed by atoms with E-state index >= 15 is 0 Å². The minimum absolute atomic E-state index is 0.0635. The first kappa shape index (κ1) is 20.0. The van der Waals surface area contributed by atoms with E-state index in [2.05, 4.69) is 26.2 Å². The highest BCUT2D eigenvalue weighted by atomic mass is 79.9. The molecule has 2 fully saturated rings. The molecule has 0 aromatic carbocycles. The van der Waals surface area contributed by atoms with Crippen LogP contribution in [0, 0.1) is 6.92 Å². The molecule has 0 radical (unpaired) electrons. The van der Waals surface area contributed by atoms with Crippen molar-refractivity contribution in [3.63, 3.8) is 0 Å². The number of hydrogen-bond acceptors (Lipinski definition) is 6. The van der Waals surface area contributed by atoms with Gasteiger partial charge in [-0.2, -0.15) is 0 Å². The zero-order chi connectivity index (χ0) is 20.5. The van der Waals surface area contributed by atoms with Crippen molar-refractivity contribution in [3.8, 4) is 0 Å². The molecule has 2 aliphatic rings. The van der Waals surface area contributed by atoms with Crippen LogP contribution in [0.15, 0.2) is 28.1 Å². The molecule has 0 spiro atoms. The summed E-state index contributed by atoms with van der Waals surface area (Å²) in [5, 5.41) is 2.92. The van der Waals surface area contributed by atoms with Crippen molar-refractivity contribution >= 4 is 56.5 Å². The van der Waals surface area contributed by atoms with E-state index in [0.29, 0.717) is 36.1 Å². The number of carbonyl (C=O) groups is 3. The van der Waals surface area contributed by atoms with Crippen LogP contribution in [0.2, 0.25) is 0 Å². The number of carbonyl (C=O) groups excluding carboxylic acids is 3. The molecule has 2 aliphatic heterocycles. The maximum absolute atomic E-state index is 12.5. The molecule has 2 aromatic rings. The van der Waals surface area contributed by atoms with Crippen molar-refractivity contribution in [2.45, 2.75) is 19.4 Å². The van der Waals surface area contributed by atoms with Gasteiger partial charge in [0.05, 0.1) is 32.7 Å². The molecule has 152 valence electrons. The molecule has 3 amide bonds. The molecule has 1 atom stereocenters. The maximum atomic E-state index is 12.5. The van der Waals surface area contributed by atoms with E-state index < -0.39 is 0 Å². The number of morpholine rings is 1. The molecule has 10 heteroatoms. The summed E-state index contributed by atoms with van der Waals surface area (Å²) in [4.78, 5) is 45.3. The predicted molar refractivity (Wildman–Crippen MR) is 112 cm³/mol. The van der Waals surface area contributed by atoms with Crippen molar-refractivity contribution in [2.24, 2.45) is 0 Å². The fraction of sp³-hybridized carbons (Fsp3) is 0.368. The van der Waals surface area contributed by atoms with Crippen molar-refractivity contribution in [2.75, 3.05) is 36.1 Å². The SMILES string of the molecule is Cc1nc(N2CC(NC(=O)c3ccc(Br)s3)CC2=O)ccc1N1CCOCC1=O. The molecule has 0 bridgehead atoms. The van der Waals surface area contributed by atoms with Gasteiger partial charge in [0.25, 0.3) is 11.8 Å². The van der Waals surface area contributed by atoms with Crippen LogP contribution in [0.25, 0.3) is 0 Å². The molecule has 0 aliphatic carbocycles. The molecule has 8 nitrogen and oxygen atoms in total. The van der Waals surface area contributed by atoms with Gasteiger partial charge in [0.15, 0.2) is 0 Å². The zero-order valence-corrected chi connectivity index (χ0v) is 18.1. The van der Waals surface area contributed by atoms with Gasteiger partial charge in [-0.1, -0.05) is 0 Å². The van der Waals surface area contributed by atoms with E-state index in [0.717, 1.165) is 9.47 Å². The summed E-state index contributed by atoms with van der Waals surface area (Å²) in [6, 6.07) is 6.83. The van der Waals surface area contributed by atoms with E-state index in [1.54, 1.807) is 21.9 Å². The molecule has 4 rings (SSSR count). The van der Waals surface area contributed by atoms with Gasteiger partial charge in [0.1, 0.15) is 12.4 Å². The van der Waals surface area contributed by atoms with Crippen molar-refractivity contribution in [1.82, 2.24) is 10.3 Å². The third-order valence-electron chi connectivity index (χ3n) is 4.85. The minimum atomic E-state index is -0.279. The van der Waals surface area contributed by atoms with Crippen LogP contribution >= 0.6 is 27.3 Å². The lowest BCUT2D eigenvalue weighted by atomic mass is 10.2. The summed E-state index contributed by atoms with van der Waals surface area (Å²) in [5.41, 5.74) is 1.39. The third-order valence-corrected chi connectivity index (χ3v) is 6.48. The van der Waals surface area contributed by atoms with Gasteiger partial charge in [-0.25, -0.2) is 4.98 Å². The Morgan fingerprint density at radius 2 is 2.07 bits per heavy atom. The number of aryl methyl sites for hydroxylation is 1. The number of halogens is 1. The molecule has 2 saturated heterocycles. The zero-order valence-electron chi connectivity index (χ0n) is 15.7. The van der Waals surface area contributed by atoms with Crippen LogP contribution in [-0.4, -0.2) is 55.1 Å². The summed E-state index contributed by atoms with van der Waals surface area (Å²) in [7, 11) is 0. The molecular formula is C19H19BrN4O4S. The Morgan fingerprint density at radius 1 is 1.24 bits per heavy atom. The Hall–Kier alpha value is -2.30. The second-order valence-electron chi connectivity index (χ2n) is 6.85. The lowest BCUT2D eigenvalue weighted by molar-refractivity contribution is -0.125. The van der Waals surface area contributed by atoms with Crippen LogP contribution in [0.1, 0.15) is 21.8 Å². The number of rotatable bonds is 4. The summed E-state index contributed by atoms with van der Waals surface area (Å²) in [6.07, 6.45) is 0.225. The Morgan fingerprint density at radius 3 is 2.76 bits per heavy atom. The molecule has 1 N–H and O–H groups in total. The van der Waals surface area contributed by atoms with Crippen LogP contribution in [0.5, 0.6) is 0 Å². The van der Waals surface area contributed by atoms with E-state index in [1.165, 1.54) is 11.3 Å². The largest absolute Gasteiger partial charge is 0.370 e. The summed E-state index contributed by atoms with van der Waals surface area (Å²) >= 11 is 4.69. The second kappa shape index (κ2) is 8.21. The molecular weight excluding hydrogens is 460 g/mol. The number of thiophene rings is 1. The number of amides is 3. The van der Waals surface area contributed by atoms with E-state index in [9.17, 15) is 14.4 Å². The van der Waals surface area contributed by atoms with Gasteiger partial charge >= 0.3 is 0 Å². The van der Waals surface area contributed by atoms with Gasteiger partial charge in [0, 0.05) is 19.5 Å². The van der Waals surface area contributed by atoms with E-state index in [1.807, 2.05) is 19.1 Å². The fourth-order valence-electron chi connectivity index (χ4n) is 3.47. The topological polar surface area (TPSA) is 91.8 Å². The number of anilines is 2. The number of aromatic nitrogens is 1. The summed E-state index contributed by atoms with van der Waals surface area (Å²) in [6.45, 7) is 3.21. The van der Waals surface area contributed by atoms with Crippen LogP contribution in [0.4, 0.5) is 11.5 Å². The molecule has 4 heterocycles. The maximum Gasteiger partial charge on any atom is 0.261 e. The molecule has 2 aromatic heterocycles. The first-order chi connectivity index (χ1) is 13.9. The highest BCUT2D eigenvalue weighted by Gasteiger charge is 2.33. The molecule has 0 saturated carbocycles. The standard InChI is InChI=1S/C19H19BrN4O4S/c1-11-13(23-6-7-28-10-18(23)26)2-5-16(21-11)24-9-12(8-17(24)25)22-19(27)14-3-4-15(20)29-14/h2-5,12H,6-10H2,1H3,(H,22,27). The first-order valence-electron chi connectivity index (χ1n) is 9.14. The van der Waals surface area contributed by atoms with Gasteiger partial charge in [-0.15, -0.1) is 11.3 Å². The number of pyridine rings is 1. The number of hydrogen-bond donors (Lipinski definition) is 1. The average Bonchev–Trinajstić information content (AvgIpc) is 3.28. The first-order valence-corrected chi connectivity index (χ1v) is 10.8. The van der Waals surface area contributed by atoms with Gasteiger partial charge < -0.3 is 15.0 Å². The van der Waals surface area contributed by atoms with Crippen molar-refractivity contribution in [1.29, 1.82) is 0 Å². The van der Waals surface area contributed by atoms with E-state index in [4.69, 9.17) is 4.74 Å². The minimum Gasteiger partial charge on any atom is -0.370 e. The third kappa shape index (κ3) is 4.19. The normalized spacial score (nSPS) is 19.7. The number of nitrogens with zero attached hydrogens (tertiary/aromatic N) is 3. The lowest BCUT2D eigenvalue weighted by Gasteiger charge is -2.28. The van der Waals surface area contributed by atoms with Gasteiger partial charge in [-0.05, 0) is 47.1 Å². The Bertz CT molecular complexity index is 979. The molecule has 29 heavy (non-hydrogen) atoms. The number of nitrogens with one attached hydrogen (secondary N) is 1. The van der Waals surface area contributed by atoms with Crippen LogP contribution < -0.4 is 15.1 Å². The van der Waals surface area contributed by atoms with Gasteiger partial charge in [-0.3, -0.25) is 19.3 Å². The summed E-state index contributed by atoms with van der Waals surface area (Å²) < 4.78 is 6.05. The van der Waals surface area contributed by atoms with Crippen molar-refractivity contribution in [3.05, 3.63) is 38.6 Å². The quantitative estimate of drug-likeness (QED) is 0.726. The van der Waals surface area contributed by atoms with Crippen molar-refractivity contribution < 1.29 is 19.1 Å². The fourth-order valence-corrected chi connectivity index (χ4v) is 4.76. The highest BCUT2D eigenvalue weighted by Crippen LogP contribution is 2.27. The number of ether oxygens (including phenoxy) is 1. The lowest BCUT2D eigenvalue weighted by Crippen LogP contribution is -2.42. The molecule has 1 unspecified atom stereocenters. The smallest absolute Gasteiger partial charge is 0.261 e. The highest BCUT2D eigenvalue weighted by molar-refractivity contribution is 9.11. The van der Waals surface area contributed by atoms with E-state index in [-0.39, 0.29) is 36.8 Å². The summed E-state index contributed by atoms with van der Waals surface area (Å²) in [5.74, 6) is 0.136. The predicted octanol–water partition coefficient (Wildman–Crippen LogP) is 2.11. The van der Waals surface area contributed by atoms with Crippen LogP contribution in [0.3, 0.4) is 0 Å². The monoisotopic (exact) mass is 478 g/mol.